The van der Waals surface area contributed by atoms with Gasteiger partial charge in [0.15, 0.2) is 0 Å². The summed E-state index contributed by atoms with van der Waals surface area (Å²) in [4.78, 5) is 0. The van der Waals surface area contributed by atoms with E-state index in [9.17, 15) is 5.11 Å². The zero-order valence-electron chi connectivity index (χ0n) is 16.6. The van der Waals surface area contributed by atoms with Gasteiger partial charge in [0.1, 0.15) is 0 Å². The minimum atomic E-state index is -0.000325. The Balaban J connectivity index is 1.57. The van der Waals surface area contributed by atoms with E-state index >= 15 is 0 Å². The third-order valence-electron chi connectivity index (χ3n) is 9.64. The molecule has 1 N–H and O–H groups in total. The molecule has 0 aliphatic heterocycles. The zero-order chi connectivity index (χ0) is 17.1. The van der Waals surface area contributed by atoms with Crippen molar-refractivity contribution in [3.8, 4) is 0 Å². The summed E-state index contributed by atoms with van der Waals surface area (Å²) < 4.78 is 0. The standard InChI is InChI=1S/C23H40O/c1-15(2)7-8-16-9-10-18-21-19(11-13-23(16,18)4)22(3)12-5-6-17(22)14-20(21)24/h15-21,24H,5-14H2,1-4H3. The van der Waals surface area contributed by atoms with Gasteiger partial charge in [-0.1, -0.05) is 40.5 Å². The van der Waals surface area contributed by atoms with Crippen molar-refractivity contribution in [2.24, 2.45) is 46.3 Å². The maximum atomic E-state index is 11.1. The van der Waals surface area contributed by atoms with Crippen molar-refractivity contribution < 1.29 is 5.11 Å². The van der Waals surface area contributed by atoms with Gasteiger partial charge in [0.25, 0.3) is 0 Å². The van der Waals surface area contributed by atoms with Crippen LogP contribution in [-0.2, 0) is 0 Å². The molecular weight excluding hydrogens is 292 g/mol. The minimum absolute atomic E-state index is 0.000325. The fourth-order valence-corrected chi connectivity index (χ4v) is 8.21. The predicted octanol–water partition coefficient (Wildman–Crippen LogP) is 6.05. The SMILES string of the molecule is CC(C)CCC1CCC2C3C(O)CC4CCCC4(C)C3CCC12C. The van der Waals surface area contributed by atoms with Gasteiger partial charge >= 0.3 is 0 Å². The number of hydrogen-bond donors (Lipinski definition) is 1. The summed E-state index contributed by atoms with van der Waals surface area (Å²) in [6, 6.07) is 0. The molecule has 4 saturated carbocycles. The monoisotopic (exact) mass is 332 g/mol. The van der Waals surface area contributed by atoms with Gasteiger partial charge in [0.2, 0.25) is 0 Å². The van der Waals surface area contributed by atoms with Crippen LogP contribution in [0.25, 0.3) is 0 Å². The summed E-state index contributed by atoms with van der Waals surface area (Å²) >= 11 is 0. The Hall–Kier alpha value is -0.0400. The summed E-state index contributed by atoms with van der Waals surface area (Å²) in [6.07, 6.45) is 13.8. The molecule has 1 nitrogen and oxygen atoms in total. The van der Waals surface area contributed by atoms with Crippen molar-refractivity contribution >= 4 is 0 Å². The third-order valence-corrected chi connectivity index (χ3v) is 9.64. The second-order valence-electron chi connectivity index (χ2n) is 11.0. The van der Waals surface area contributed by atoms with Gasteiger partial charge < -0.3 is 5.11 Å². The second kappa shape index (κ2) is 6.00. The molecule has 0 aromatic carbocycles. The zero-order valence-corrected chi connectivity index (χ0v) is 16.6. The van der Waals surface area contributed by atoms with E-state index in [-0.39, 0.29) is 6.10 Å². The molecule has 0 heterocycles. The van der Waals surface area contributed by atoms with Gasteiger partial charge in [-0.3, -0.25) is 0 Å². The van der Waals surface area contributed by atoms with Crippen LogP contribution in [0.4, 0.5) is 0 Å². The smallest absolute Gasteiger partial charge is 0.0577 e. The highest BCUT2D eigenvalue weighted by atomic mass is 16.3. The lowest BCUT2D eigenvalue weighted by molar-refractivity contribution is -0.143. The molecule has 0 spiro atoms. The number of aliphatic hydroxyl groups excluding tert-OH is 1. The van der Waals surface area contributed by atoms with Gasteiger partial charge in [-0.25, -0.2) is 0 Å². The highest BCUT2D eigenvalue weighted by Crippen LogP contribution is 2.68. The number of fused-ring (bicyclic) bond motifs is 5. The fraction of sp³-hybridized carbons (Fsp3) is 1.00. The quantitative estimate of drug-likeness (QED) is 0.666. The van der Waals surface area contributed by atoms with E-state index in [2.05, 4.69) is 27.7 Å². The van der Waals surface area contributed by atoms with Crippen molar-refractivity contribution in [1.29, 1.82) is 0 Å². The molecule has 8 atom stereocenters. The Bertz CT molecular complexity index is 471. The molecule has 4 aliphatic rings. The highest BCUT2D eigenvalue weighted by Gasteiger charge is 2.62. The highest BCUT2D eigenvalue weighted by molar-refractivity contribution is 5.11. The number of aliphatic hydroxyl groups is 1. The van der Waals surface area contributed by atoms with Gasteiger partial charge in [-0.15, -0.1) is 0 Å². The lowest BCUT2D eigenvalue weighted by Crippen LogP contribution is -2.55. The summed E-state index contributed by atoms with van der Waals surface area (Å²) in [5, 5.41) is 11.1. The van der Waals surface area contributed by atoms with Crippen molar-refractivity contribution in [3.63, 3.8) is 0 Å². The maximum Gasteiger partial charge on any atom is 0.0577 e. The van der Waals surface area contributed by atoms with Crippen LogP contribution in [0.1, 0.15) is 91.9 Å². The van der Waals surface area contributed by atoms with Crippen LogP contribution in [0.3, 0.4) is 0 Å². The molecule has 4 aliphatic carbocycles. The molecule has 4 rings (SSSR count). The van der Waals surface area contributed by atoms with E-state index < -0.39 is 0 Å². The van der Waals surface area contributed by atoms with Crippen LogP contribution in [-0.4, -0.2) is 11.2 Å². The summed E-state index contributed by atoms with van der Waals surface area (Å²) in [5.41, 5.74) is 1.08. The van der Waals surface area contributed by atoms with Crippen LogP contribution in [0.5, 0.6) is 0 Å². The molecule has 0 bridgehead atoms. The van der Waals surface area contributed by atoms with Gasteiger partial charge in [-0.05, 0) is 97.7 Å². The van der Waals surface area contributed by atoms with Crippen LogP contribution in [0.2, 0.25) is 0 Å². The molecule has 138 valence electrons. The van der Waals surface area contributed by atoms with Crippen molar-refractivity contribution in [2.45, 2.75) is 98.0 Å². The van der Waals surface area contributed by atoms with Gasteiger partial charge in [0, 0.05) is 0 Å². The van der Waals surface area contributed by atoms with E-state index in [1.54, 1.807) is 0 Å². The van der Waals surface area contributed by atoms with Crippen LogP contribution in [0.15, 0.2) is 0 Å². The molecule has 8 unspecified atom stereocenters. The molecule has 0 aromatic rings. The molecule has 4 fully saturated rings. The van der Waals surface area contributed by atoms with Crippen LogP contribution < -0.4 is 0 Å². The van der Waals surface area contributed by atoms with Crippen molar-refractivity contribution in [2.75, 3.05) is 0 Å². The normalized spacial score (nSPS) is 53.8. The maximum absolute atomic E-state index is 11.1. The second-order valence-corrected chi connectivity index (χ2v) is 11.0. The summed E-state index contributed by atoms with van der Waals surface area (Å²) in [5.74, 6) is 4.82. The molecule has 0 radical (unpaired) electrons. The topological polar surface area (TPSA) is 20.2 Å². The van der Waals surface area contributed by atoms with Gasteiger partial charge in [-0.2, -0.15) is 0 Å². The first-order chi connectivity index (χ1) is 11.4. The molecule has 0 amide bonds. The van der Waals surface area contributed by atoms with E-state index in [0.717, 1.165) is 36.0 Å². The molecule has 24 heavy (non-hydrogen) atoms. The Morgan fingerprint density at radius 1 is 0.958 bits per heavy atom. The molecular formula is C23H40O. The molecule has 0 aromatic heterocycles. The Labute approximate surface area is 150 Å². The van der Waals surface area contributed by atoms with Crippen molar-refractivity contribution in [3.05, 3.63) is 0 Å². The van der Waals surface area contributed by atoms with Crippen LogP contribution >= 0.6 is 0 Å². The van der Waals surface area contributed by atoms with E-state index in [4.69, 9.17) is 0 Å². The Morgan fingerprint density at radius 3 is 2.46 bits per heavy atom. The minimum Gasteiger partial charge on any atom is -0.393 e. The lowest BCUT2D eigenvalue weighted by atomic mass is 9.47. The lowest BCUT2D eigenvalue weighted by Gasteiger charge is -2.59. The average Bonchev–Trinajstić information content (AvgIpc) is 3.05. The average molecular weight is 333 g/mol. The largest absolute Gasteiger partial charge is 0.393 e. The number of hydrogen-bond acceptors (Lipinski definition) is 1. The summed E-state index contributed by atoms with van der Waals surface area (Å²) in [6.45, 7) is 9.96. The van der Waals surface area contributed by atoms with E-state index in [1.165, 1.54) is 57.8 Å². The fourth-order valence-electron chi connectivity index (χ4n) is 8.21. The molecule has 0 saturated heterocycles. The molecule has 1 heteroatoms. The first kappa shape index (κ1) is 17.4. The van der Waals surface area contributed by atoms with Crippen LogP contribution in [0, 0.1) is 46.3 Å². The third kappa shape index (κ3) is 2.43. The van der Waals surface area contributed by atoms with E-state index in [1.807, 2.05) is 0 Å². The number of rotatable bonds is 3. The predicted molar refractivity (Wildman–Crippen MR) is 101 cm³/mol. The van der Waals surface area contributed by atoms with E-state index in [0.29, 0.717) is 16.7 Å². The first-order valence-electron chi connectivity index (χ1n) is 11.0. The Kier molecular flexibility index (Phi) is 4.34. The Morgan fingerprint density at radius 2 is 1.71 bits per heavy atom. The van der Waals surface area contributed by atoms with Crippen molar-refractivity contribution in [1.82, 2.24) is 0 Å². The van der Waals surface area contributed by atoms with Gasteiger partial charge in [0.05, 0.1) is 6.10 Å². The first-order valence-corrected chi connectivity index (χ1v) is 11.0. The summed E-state index contributed by atoms with van der Waals surface area (Å²) in [7, 11) is 0.